The third-order valence-electron chi connectivity index (χ3n) is 3.22. The second-order valence-corrected chi connectivity index (χ2v) is 6.53. The number of nitrogens with zero attached hydrogens (tertiary/aromatic N) is 1. The molecule has 0 saturated carbocycles. The molecule has 1 amide bonds. The normalized spacial score (nSPS) is 19.8. The highest BCUT2D eigenvalue weighted by molar-refractivity contribution is 7.16. The van der Waals surface area contributed by atoms with Crippen LogP contribution in [0.15, 0.2) is 0 Å². The average molecular weight is 283 g/mol. The SMILES string of the molecule is CC1CCc2c(sc(NC(=O)C(C)Cl)c2C#N)C1. The molecule has 1 N–H and O–H groups in total. The predicted octanol–water partition coefficient (Wildman–Crippen LogP) is 3.31. The topological polar surface area (TPSA) is 52.9 Å². The molecule has 0 aromatic carbocycles. The van der Waals surface area contributed by atoms with E-state index < -0.39 is 5.38 Å². The molecule has 0 aliphatic heterocycles. The van der Waals surface area contributed by atoms with Gasteiger partial charge in [0.05, 0.1) is 5.56 Å². The van der Waals surface area contributed by atoms with E-state index in [1.165, 1.54) is 16.2 Å². The summed E-state index contributed by atoms with van der Waals surface area (Å²) in [4.78, 5) is 12.9. The summed E-state index contributed by atoms with van der Waals surface area (Å²) >= 11 is 7.26. The van der Waals surface area contributed by atoms with Crippen LogP contribution in [-0.4, -0.2) is 11.3 Å². The zero-order chi connectivity index (χ0) is 13.3. The number of thiophene rings is 1. The largest absolute Gasteiger partial charge is 0.315 e. The lowest BCUT2D eigenvalue weighted by Gasteiger charge is -2.17. The van der Waals surface area contributed by atoms with Crippen molar-refractivity contribution in [3.05, 3.63) is 16.0 Å². The molecular formula is C13H15ClN2OS. The first-order valence-electron chi connectivity index (χ1n) is 6.02. The number of hydrogen-bond acceptors (Lipinski definition) is 3. The van der Waals surface area contributed by atoms with E-state index in [4.69, 9.17) is 11.6 Å². The molecule has 1 aliphatic rings. The van der Waals surface area contributed by atoms with Gasteiger partial charge in [-0.3, -0.25) is 4.79 Å². The van der Waals surface area contributed by atoms with Crippen molar-refractivity contribution in [2.45, 2.75) is 38.5 Å². The quantitative estimate of drug-likeness (QED) is 0.846. The van der Waals surface area contributed by atoms with Gasteiger partial charge in [0.25, 0.3) is 0 Å². The number of carbonyl (C=O) groups is 1. The van der Waals surface area contributed by atoms with Crippen molar-refractivity contribution in [2.24, 2.45) is 5.92 Å². The molecule has 96 valence electrons. The first-order chi connectivity index (χ1) is 8.52. The van der Waals surface area contributed by atoms with Crippen LogP contribution in [0.25, 0.3) is 0 Å². The summed E-state index contributed by atoms with van der Waals surface area (Å²) < 4.78 is 0. The van der Waals surface area contributed by atoms with Crippen molar-refractivity contribution in [1.29, 1.82) is 5.26 Å². The maximum atomic E-state index is 11.6. The first kappa shape index (κ1) is 13.4. The lowest BCUT2D eigenvalue weighted by Crippen LogP contribution is -2.20. The van der Waals surface area contributed by atoms with Gasteiger partial charge in [-0.15, -0.1) is 22.9 Å². The summed E-state index contributed by atoms with van der Waals surface area (Å²) in [5.41, 5.74) is 1.76. The minimum Gasteiger partial charge on any atom is -0.315 e. The van der Waals surface area contributed by atoms with Crippen LogP contribution in [0, 0.1) is 17.2 Å². The van der Waals surface area contributed by atoms with Gasteiger partial charge in [0.1, 0.15) is 16.4 Å². The van der Waals surface area contributed by atoms with Crippen LogP contribution in [0.2, 0.25) is 0 Å². The van der Waals surface area contributed by atoms with Gasteiger partial charge in [-0.25, -0.2) is 0 Å². The molecule has 1 aliphatic carbocycles. The summed E-state index contributed by atoms with van der Waals surface area (Å²) in [6.45, 7) is 3.84. The van der Waals surface area contributed by atoms with Crippen LogP contribution in [-0.2, 0) is 17.6 Å². The standard InChI is InChI=1S/C13H15ClN2OS/c1-7-3-4-9-10(6-15)13(18-11(9)5-7)16-12(17)8(2)14/h7-8H,3-5H2,1-2H3,(H,16,17). The number of halogens is 1. The number of rotatable bonds is 2. The number of alkyl halides is 1. The van der Waals surface area contributed by atoms with Gasteiger partial charge < -0.3 is 5.32 Å². The molecule has 0 spiro atoms. The Morgan fingerprint density at radius 3 is 3.00 bits per heavy atom. The van der Waals surface area contributed by atoms with Gasteiger partial charge in [0.15, 0.2) is 0 Å². The molecule has 5 heteroatoms. The van der Waals surface area contributed by atoms with E-state index in [1.54, 1.807) is 6.92 Å². The minimum absolute atomic E-state index is 0.250. The molecule has 18 heavy (non-hydrogen) atoms. The van der Waals surface area contributed by atoms with E-state index in [0.717, 1.165) is 24.8 Å². The molecule has 0 saturated heterocycles. The second kappa shape index (κ2) is 5.29. The molecule has 1 aromatic heterocycles. The summed E-state index contributed by atoms with van der Waals surface area (Å²) in [5.74, 6) is 0.401. The Kier molecular flexibility index (Phi) is 3.94. The Morgan fingerprint density at radius 2 is 2.39 bits per heavy atom. The number of amides is 1. The Labute approximate surface area is 116 Å². The summed E-state index contributed by atoms with van der Waals surface area (Å²) in [5, 5.41) is 12.1. The summed E-state index contributed by atoms with van der Waals surface area (Å²) in [6.07, 6.45) is 3.04. The van der Waals surface area contributed by atoms with Crippen molar-refractivity contribution in [2.75, 3.05) is 5.32 Å². The zero-order valence-corrected chi connectivity index (χ0v) is 12.0. The smallest absolute Gasteiger partial charge is 0.242 e. The van der Waals surface area contributed by atoms with Crippen molar-refractivity contribution in [1.82, 2.24) is 0 Å². The molecule has 0 bridgehead atoms. The molecule has 0 radical (unpaired) electrons. The molecule has 1 aromatic rings. The molecule has 2 atom stereocenters. The highest BCUT2D eigenvalue weighted by Gasteiger charge is 2.25. The van der Waals surface area contributed by atoms with E-state index in [0.29, 0.717) is 16.5 Å². The number of carbonyl (C=O) groups excluding carboxylic acids is 1. The van der Waals surface area contributed by atoms with E-state index in [9.17, 15) is 10.1 Å². The number of nitriles is 1. The van der Waals surface area contributed by atoms with Crippen molar-refractivity contribution < 1.29 is 4.79 Å². The Morgan fingerprint density at radius 1 is 1.67 bits per heavy atom. The fraction of sp³-hybridized carbons (Fsp3) is 0.538. The van der Waals surface area contributed by atoms with E-state index >= 15 is 0 Å². The van der Waals surface area contributed by atoms with E-state index in [1.807, 2.05) is 0 Å². The Balaban J connectivity index is 2.32. The van der Waals surface area contributed by atoms with Crippen molar-refractivity contribution in [3.8, 4) is 6.07 Å². The summed E-state index contributed by atoms with van der Waals surface area (Å²) in [7, 11) is 0. The first-order valence-corrected chi connectivity index (χ1v) is 7.27. The molecule has 2 unspecified atom stereocenters. The van der Waals surface area contributed by atoms with Gasteiger partial charge in [-0.05, 0) is 37.7 Å². The fourth-order valence-electron chi connectivity index (χ4n) is 2.17. The monoisotopic (exact) mass is 282 g/mol. The van der Waals surface area contributed by atoms with Crippen LogP contribution in [0.1, 0.15) is 36.3 Å². The maximum absolute atomic E-state index is 11.6. The number of anilines is 1. The van der Waals surface area contributed by atoms with Gasteiger partial charge in [-0.2, -0.15) is 5.26 Å². The van der Waals surface area contributed by atoms with Gasteiger partial charge in [0, 0.05) is 4.88 Å². The lowest BCUT2D eigenvalue weighted by molar-refractivity contribution is -0.115. The number of nitrogens with one attached hydrogen (secondary N) is 1. The molecule has 0 fully saturated rings. The molecule has 1 heterocycles. The van der Waals surface area contributed by atoms with Gasteiger partial charge >= 0.3 is 0 Å². The van der Waals surface area contributed by atoms with Crippen molar-refractivity contribution in [3.63, 3.8) is 0 Å². The number of fused-ring (bicyclic) bond motifs is 1. The number of hydrogen-bond donors (Lipinski definition) is 1. The Bertz CT molecular complexity index is 516. The second-order valence-electron chi connectivity index (χ2n) is 4.77. The zero-order valence-electron chi connectivity index (χ0n) is 10.4. The van der Waals surface area contributed by atoms with Crippen LogP contribution >= 0.6 is 22.9 Å². The highest BCUT2D eigenvalue weighted by atomic mass is 35.5. The lowest BCUT2D eigenvalue weighted by atomic mass is 9.89. The van der Waals surface area contributed by atoms with E-state index in [-0.39, 0.29) is 5.91 Å². The Hall–Kier alpha value is -1.05. The fourth-order valence-corrected chi connectivity index (χ4v) is 3.59. The average Bonchev–Trinajstić information content (AvgIpc) is 2.64. The van der Waals surface area contributed by atoms with Crippen LogP contribution in [0.3, 0.4) is 0 Å². The molecule has 3 nitrogen and oxygen atoms in total. The van der Waals surface area contributed by atoms with Gasteiger partial charge in [-0.1, -0.05) is 6.92 Å². The van der Waals surface area contributed by atoms with Crippen LogP contribution in [0.4, 0.5) is 5.00 Å². The van der Waals surface area contributed by atoms with E-state index in [2.05, 4.69) is 18.3 Å². The molecule has 2 rings (SSSR count). The minimum atomic E-state index is -0.588. The summed E-state index contributed by atoms with van der Waals surface area (Å²) in [6, 6.07) is 2.22. The molecular weight excluding hydrogens is 268 g/mol. The third-order valence-corrected chi connectivity index (χ3v) is 4.59. The van der Waals surface area contributed by atoms with Crippen LogP contribution < -0.4 is 5.32 Å². The highest BCUT2D eigenvalue weighted by Crippen LogP contribution is 2.39. The van der Waals surface area contributed by atoms with Crippen LogP contribution in [0.5, 0.6) is 0 Å². The van der Waals surface area contributed by atoms with Gasteiger partial charge in [0.2, 0.25) is 5.91 Å². The predicted molar refractivity (Wildman–Crippen MR) is 74.2 cm³/mol. The maximum Gasteiger partial charge on any atom is 0.242 e. The third kappa shape index (κ3) is 2.52. The van der Waals surface area contributed by atoms with Crippen molar-refractivity contribution >= 4 is 33.8 Å².